The van der Waals surface area contributed by atoms with Crippen molar-refractivity contribution in [2.24, 2.45) is 5.92 Å². The van der Waals surface area contributed by atoms with Gasteiger partial charge in [0.1, 0.15) is 0 Å². The van der Waals surface area contributed by atoms with Crippen LogP contribution in [0.25, 0.3) is 0 Å². The van der Waals surface area contributed by atoms with Crippen molar-refractivity contribution >= 4 is 21.6 Å². The Morgan fingerprint density at radius 1 is 1.40 bits per heavy atom. The Balaban J connectivity index is 2.35. The number of aromatic nitrogens is 4. The summed E-state index contributed by atoms with van der Waals surface area (Å²) in [6, 6.07) is 0. The lowest BCUT2D eigenvalue weighted by atomic mass is 10.2. The number of hydrogen-bond acceptors (Lipinski definition) is 7. The van der Waals surface area contributed by atoms with E-state index in [1.54, 1.807) is 11.6 Å². The van der Waals surface area contributed by atoms with Crippen LogP contribution in [0.4, 0.5) is 0 Å². The number of sulfone groups is 1. The van der Waals surface area contributed by atoms with E-state index in [-0.39, 0.29) is 11.5 Å². The van der Waals surface area contributed by atoms with Crippen molar-refractivity contribution in [3.05, 3.63) is 0 Å². The Labute approximate surface area is 124 Å². The molecule has 1 N–H and O–H groups in total. The van der Waals surface area contributed by atoms with Gasteiger partial charge in [-0.3, -0.25) is 0 Å². The average Bonchev–Trinajstić information content (AvgIpc) is 2.82. The number of tetrazole rings is 1. The molecule has 1 aromatic rings. The van der Waals surface area contributed by atoms with Crippen LogP contribution in [-0.2, 0) is 16.4 Å². The molecule has 9 heteroatoms. The Hall–Kier alpha value is -0.670. The van der Waals surface area contributed by atoms with E-state index in [0.29, 0.717) is 23.4 Å². The first kappa shape index (κ1) is 17.4. The summed E-state index contributed by atoms with van der Waals surface area (Å²) in [5.41, 5.74) is 0. The van der Waals surface area contributed by atoms with Crippen LogP contribution in [-0.4, -0.2) is 59.0 Å². The highest BCUT2D eigenvalue weighted by Gasteiger charge is 2.11. The summed E-state index contributed by atoms with van der Waals surface area (Å²) < 4.78 is 24.5. The second kappa shape index (κ2) is 8.58. The van der Waals surface area contributed by atoms with E-state index in [9.17, 15) is 8.42 Å². The molecule has 0 saturated carbocycles. The van der Waals surface area contributed by atoms with Gasteiger partial charge in [-0.15, -0.1) is 5.10 Å². The molecule has 0 atom stereocenters. The summed E-state index contributed by atoms with van der Waals surface area (Å²) in [7, 11) is -2.93. The zero-order valence-electron chi connectivity index (χ0n) is 12.2. The third kappa shape index (κ3) is 6.67. The Bertz CT molecular complexity index is 487. The molecule has 0 fully saturated rings. The van der Waals surface area contributed by atoms with Gasteiger partial charge in [-0.25, -0.2) is 13.1 Å². The molecule has 0 spiro atoms. The zero-order chi connectivity index (χ0) is 15.0. The van der Waals surface area contributed by atoms with Gasteiger partial charge in [-0.05, 0) is 22.9 Å². The third-order valence-electron chi connectivity index (χ3n) is 2.62. The summed E-state index contributed by atoms with van der Waals surface area (Å²) in [5, 5.41) is 15.5. The quantitative estimate of drug-likeness (QED) is 0.494. The Morgan fingerprint density at radius 3 is 2.80 bits per heavy atom. The van der Waals surface area contributed by atoms with Crippen LogP contribution in [0.1, 0.15) is 20.8 Å². The van der Waals surface area contributed by atoms with Crippen LogP contribution in [0, 0.1) is 5.92 Å². The largest absolute Gasteiger partial charge is 0.315 e. The van der Waals surface area contributed by atoms with Crippen LogP contribution < -0.4 is 5.32 Å². The normalized spacial score (nSPS) is 12.2. The molecule has 116 valence electrons. The molecule has 0 radical (unpaired) electrons. The molecule has 0 aliphatic carbocycles. The van der Waals surface area contributed by atoms with E-state index in [1.807, 2.05) is 0 Å². The lowest BCUT2D eigenvalue weighted by molar-refractivity contribution is 0.482. The monoisotopic (exact) mass is 321 g/mol. The summed E-state index contributed by atoms with van der Waals surface area (Å²) in [5.74, 6) is 1.43. The van der Waals surface area contributed by atoms with Gasteiger partial charge in [0.05, 0.1) is 12.3 Å². The fourth-order valence-electron chi connectivity index (χ4n) is 1.42. The second-order valence-electron chi connectivity index (χ2n) is 4.87. The number of hydrogen-bond donors (Lipinski definition) is 1. The van der Waals surface area contributed by atoms with Gasteiger partial charge in [0.15, 0.2) is 9.84 Å². The maximum absolute atomic E-state index is 11.4. The van der Waals surface area contributed by atoms with Crippen LogP contribution >= 0.6 is 11.8 Å². The average molecular weight is 321 g/mol. The number of nitrogens with one attached hydrogen (secondary N) is 1. The predicted octanol–water partition coefficient (Wildman–Crippen LogP) is 0.446. The second-order valence-corrected chi connectivity index (χ2v) is 8.40. The van der Waals surface area contributed by atoms with E-state index in [4.69, 9.17) is 0 Å². The first-order valence-corrected chi connectivity index (χ1v) is 9.55. The predicted molar refractivity (Wildman–Crippen MR) is 80.6 cm³/mol. The van der Waals surface area contributed by atoms with Gasteiger partial charge in [-0.1, -0.05) is 32.5 Å². The van der Waals surface area contributed by atoms with E-state index in [1.165, 1.54) is 11.8 Å². The first-order valence-electron chi connectivity index (χ1n) is 6.74. The molecular formula is C11H23N5O2S2. The van der Waals surface area contributed by atoms with Crippen LogP contribution in [0.3, 0.4) is 0 Å². The highest BCUT2D eigenvalue weighted by molar-refractivity contribution is 8.00. The molecule has 7 nitrogen and oxygen atoms in total. The zero-order valence-corrected chi connectivity index (χ0v) is 13.9. The molecule has 1 heterocycles. The maximum Gasteiger partial charge on any atom is 0.209 e. The van der Waals surface area contributed by atoms with Crippen molar-refractivity contribution < 1.29 is 8.42 Å². The maximum atomic E-state index is 11.4. The summed E-state index contributed by atoms with van der Waals surface area (Å²) in [6.07, 6.45) is 0. The molecule has 0 saturated heterocycles. The Kier molecular flexibility index (Phi) is 7.46. The fraction of sp³-hybridized carbons (Fsp3) is 0.909. The molecular weight excluding hydrogens is 298 g/mol. The van der Waals surface area contributed by atoms with Crippen LogP contribution in [0.15, 0.2) is 5.16 Å². The molecule has 20 heavy (non-hydrogen) atoms. The van der Waals surface area contributed by atoms with E-state index in [0.717, 1.165) is 13.1 Å². The Morgan fingerprint density at radius 2 is 2.15 bits per heavy atom. The standard InChI is InChI=1S/C11H23N5O2S2/c1-4-20(17,18)8-7-19-11-13-14-15-16(11)6-5-12-9-10(2)3/h10,12H,4-9H2,1-3H3. The smallest absolute Gasteiger partial charge is 0.209 e. The summed E-state index contributed by atoms with van der Waals surface area (Å²) >= 11 is 1.38. The van der Waals surface area contributed by atoms with Crippen molar-refractivity contribution in [3.63, 3.8) is 0 Å². The molecule has 1 aromatic heterocycles. The molecule has 0 aliphatic rings. The first-order chi connectivity index (χ1) is 9.44. The lowest BCUT2D eigenvalue weighted by Crippen LogP contribution is -2.24. The minimum Gasteiger partial charge on any atom is -0.315 e. The molecule has 0 amide bonds. The summed E-state index contributed by atoms with van der Waals surface area (Å²) in [4.78, 5) is 0. The molecule has 0 aromatic carbocycles. The van der Waals surface area contributed by atoms with Crippen LogP contribution in [0.5, 0.6) is 0 Å². The van der Waals surface area contributed by atoms with E-state index >= 15 is 0 Å². The van der Waals surface area contributed by atoms with Gasteiger partial charge in [0, 0.05) is 18.1 Å². The molecule has 0 unspecified atom stereocenters. The number of rotatable bonds is 10. The molecule has 1 rings (SSSR count). The topological polar surface area (TPSA) is 89.8 Å². The van der Waals surface area contributed by atoms with Gasteiger partial charge >= 0.3 is 0 Å². The SMILES string of the molecule is CCS(=O)(=O)CCSc1nnnn1CCNCC(C)C. The lowest BCUT2D eigenvalue weighted by Gasteiger charge is -2.08. The van der Waals surface area contributed by atoms with Crippen molar-refractivity contribution in [1.82, 2.24) is 25.5 Å². The third-order valence-corrected chi connectivity index (χ3v) is 5.54. The van der Waals surface area contributed by atoms with Gasteiger partial charge < -0.3 is 5.32 Å². The molecule has 0 aliphatic heterocycles. The highest BCUT2D eigenvalue weighted by Crippen LogP contribution is 2.13. The van der Waals surface area contributed by atoms with Crippen molar-refractivity contribution in [1.29, 1.82) is 0 Å². The van der Waals surface area contributed by atoms with Crippen molar-refractivity contribution in [2.75, 3.05) is 30.3 Å². The van der Waals surface area contributed by atoms with E-state index in [2.05, 4.69) is 34.7 Å². The molecule has 0 bridgehead atoms. The minimum absolute atomic E-state index is 0.159. The fourth-order valence-corrected chi connectivity index (χ4v) is 3.61. The van der Waals surface area contributed by atoms with Gasteiger partial charge in [0.25, 0.3) is 0 Å². The van der Waals surface area contributed by atoms with Crippen LogP contribution in [0.2, 0.25) is 0 Å². The van der Waals surface area contributed by atoms with Gasteiger partial charge in [0.2, 0.25) is 5.16 Å². The van der Waals surface area contributed by atoms with Crippen molar-refractivity contribution in [3.8, 4) is 0 Å². The minimum atomic E-state index is -2.93. The van der Waals surface area contributed by atoms with Gasteiger partial charge in [-0.2, -0.15) is 0 Å². The number of nitrogens with zero attached hydrogens (tertiary/aromatic N) is 4. The number of thioether (sulfide) groups is 1. The van der Waals surface area contributed by atoms with E-state index < -0.39 is 9.84 Å². The summed E-state index contributed by atoms with van der Waals surface area (Å²) in [6.45, 7) is 8.40. The highest BCUT2D eigenvalue weighted by atomic mass is 32.2. The van der Waals surface area contributed by atoms with Crippen molar-refractivity contribution in [2.45, 2.75) is 32.5 Å².